The molecule has 16 heavy (non-hydrogen) atoms. The average Bonchev–Trinajstić information content (AvgIpc) is 2.14. The van der Waals surface area contributed by atoms with Crippen molar-refractivity contribution in [3.8, 4) is 0 Å². The third-order valence-corrected chi connectivity index (χ3v) is 4.54. The number of hydrogen-bond acceptors (Lipinski definition) is 3. The van der Waals surface area contributed by atoms with Crippen molar-refractivity contribution in [2.24, 2.45) is 0 Å². The van der Waals surface area contributed by atoms with Crippen LogP contribution in [0.2, 0.25) is 0 Å². The maximum absolute atomic E-state index is 11.6. The van der Waals surface area contributed by atoms with Crippen molar-refractivity contribution in [3.05, 3.63) is 34.9 Å². The topological polar surface area (TPSA) is 46.2 Å². The van der Waals surface area contributed by atoms with E-state index in [0.717, 1.165) is 5.56 Å². The van der Waals surface area contributed by atoms with Gasteiger partial charge in [-0.3, -0.25) is 0 Å². The summed E-state index contributed by atoms with van der Waals surface area (Å²) in [5.41, 5.74) is 3.44. The fourth-order valence-corrected chi connectivity index (χ4v) is 3.62. The standard InChI is InChI=1S/C12H17NO2S/c1-9-5-10(2)7-11(6-9)12-8-16(14,15)4-3-13-12/h5-7,12-13H,3-4,8H2,1-2H3. The van der Waals surface area contributed by atoms with Gasteiger partial charge in [-0.1, -0.05) is 29.3 Å². The van der Waals surface area contributed by atoms with E-state index in [2.05, 4.69) is 23.5 Å². The first-order valence-electron chi connectivity index (χ1n) is 5.48. The summed E-state index contributed by atoms with van der Waals surface area (Å²) in [5.74, 6) is 0.476. The molecule has 1 unspecified atom stereocenters. The Morgan fingerprint density at radius 2 is 1.81 bits per heavy atom. The van der Waals surface area contributed by atoms with E-state index in [0.29, 0.717) is 6.54 Å². The maximum atomic E-state index is 11.6. The van der Waals surface area contributed by atoms with Crippen LogP contribution in [0.5, 0.6) is 0 Å². The zero-order chi connectivity index (χ0) is 11.8. The summed E-state index contributed by atoms with van der Waals surface area (Å²) < 4.78 is 23.1. The van der Waals surface area contributed by atoms with Crippen LogP contribution in [0, 0.1) is 13.8 Å². The minimum absolute atomic E-state index is 0.0441. The Kier molecular flexibility index (Phi) is 3.04. The summed E-state index contributed by atoms with van der Waals surface area (Å²) in [6.45, 7) is 4.63. The maximum Gasteiger partial charge on any atom is 0.153 e. The van der Waals surface area contributed by atoms with Gasteiger partial charge in [-0.15, -0.1) is 0 Å². The molecule has 88 valence electrons. The Hall–Kier alpha value is -0.870. The normalized spacial score (nSPS) is 24.2. The summed E-state index contributed by atoms with van der Waals surface area (Å²) in [5, 5.41) is 3.27. The Balaban J connectivity index is 2.30. The van der Waals surface area contributed by atoms with Gasteiger partial charge in [0.05, 0.1) is 11.5 Å². The van der Waals surface area contributed by atoms with Crippen LogP contribution in [0.25, 0.3) is 0 Å². The minimum Gasteiger partial charge on any atom is -0.308 e. The van der Waals surface area contributed by atoms with Gasteiger partial charge >= 0.3 is 0 Å². The number of hydrogen-bond donors (Lipinski definition) is 1. The molecular weight excluding hydrogens is 222 g/mol. The third kappa shape index (κ3) is 2.62. The second-order valence-corrected chi connectivity index (χ2v) is 6.77. The summed E-state index contributed by atoms with van der Waals surface area (Å²) in [7, 11) is -2.87. The minimum atomic E-state index is -2.87. The van der Waals surface area contributed by atoms with Crippen molar-refractivity contribution in [2.75, 3.05) is 18.1 Å². The van der Waals surface area contributed by atoms with Crippen molar-refractivity contribution in [1.29, 1.82) is 0 Å². The first kappa shape index (κ1) is 11.6. The predicted molar refractivity (Wildman–Crippen MR) is 65.3 cm³/mol. The van der Waals surface area contributed by atoms with Gasteiger partial charge in [0.1, 0.15) is 0 Å². The van der Waals surface area contributed by atoms with Crippen LogP contribution in [0.4, 0.5) is 0 Å². The SMILES string of the molecule is Cc1cc(C)cc(C2CS(=O)(=O)CCN2)c1. The van der Waals surface area contributed by atoms with Crippen LogP contribution >= 0.6 is 0 Å². The quantitative estimate of drug-likeness (QED) is 0.805. The molecule has 1 aromatic carbocycles. The molecule has 1 aliphatic rings. The number of rotatable bonds is 1. The summed E-state index contributed by atoms with van der Waals surface area (Å²) in [6.07, 6.45) is 0. The van der Waals surface area contributed by atoms with Gasteiger partial charge in [0.2, 0.25) is 0 Å². The average molecular weight is 239 g/mol. The summed E-state index contributed by atoms with van der Waals surface area (Å²) in [4.78, 5) is 0. The number of benzene rings is 1. The first-order valence-corrected chi connectivity index (χ1v) is 7.30. The van der Waals surface area contributed by atoms with E-state index in [9.17, 15) is 8.42 Å². The van der Waals surface area contributed by atoms with Crippen molar-refractivity contribution in [1.82, 2.24) is 5.32 Å². The second kappa shape index (κ2) is 4.18. The highest BCUT2D eigenvalue weighted by Crippen LogP contribution is 2.21. The molecule has 0 amide bonds. The molecule has 0 bridgehead atoms. The van der Waals surface area contributed by atoms with E-state index >= 15 is 0 Å². The summed E-state index contributed by atoms with van der Waals surface area (Å²) in [6, 6.07) is 6.18. The Morgan fingerprint density at radius 1 is 1.19 bits per heavy atom. The zero-order valence-corrected chi connectivity index (χ0v) is 10.5. The zero-order valence-electron chi connectivity index (χ0n) is 9.66. The Labute approximate surface area is 96.8 Å². The van der Waals surface area contributed by atoms with Gasteiger partial charge in [-0.2, -0.15) is 0 Å². The molecule has 1 aromatic rings. The molecule has 0 aromatic heterocycles. The highest BCUT2D eigenvalue weighted by atomic mass is 32.2. The number of aryl methyl sites for hydroxylation is 2. The lowest BCUT2D eigenvalue weighted by molar-refractivity contribution is 0.530. The molecule has 0 aliphatic carbocycles. The lowest BCUT2D eigenvalue weighted by Gasteiger charge is -2.24. The molecule has 3 nitrogen and oxygen atoms in total. The number of nitrogens with one attached hydrogen (secondary N) is 1. The van der Waals surface area contributed by atoms with E-state index in [1.165, 1.54) is 11.1 Å². The van der Waals surface area contributed by atoms with Gasteiger partial charge < -0.3 is 5.32 Å². The van der Waals surface area contributed by atoms with E-state index in [1.54, 1.807) is 0 Å². The van der Waals surface area contributed by atoms with Crippen LogP contribution in [0.1, 0.15) is 22.7 Å². The van der Waals surface area contributed by atoms with Crippen molar-refractivity contribution in [3.63, 3.8) is 0 Å². The van der Waals surface area contributed by atoms with Crippen molar-refractivity contribution >= 4 is 9.84 Å². The first-order chi connectivity index (χ1) is 7.46. The predicted octanol–water partition coefficient (Wildman–Crippen LogP) is 1.36. The fourth-order valence-electron chi connectivity index (χ4n) is 2.21. The highest BCUT2D eigenvalue weighted by molar-refractivity contribution is 7.91. The second-order valence-electron chi connectivity index (χ2n) is 4.54. The van der Waals surface area contributed by atoms with Gasteiger partial charge in [0.15, 0.2) is 9.84 Å². The Morgan fingerprint density at radius 3 is 2.38 bits per heavy atom. The van der Waals surface area contributed by atoms with Crippen molar-refractivity contribution < 1.29 is 8.42 Å². The van der Waals surface area contributed by atoms with Crippen LogP contribution in [-0.4, -0.2) is 26.5 Å². The van der Waals surface area contributed by atoms with E-state index in [4.69, 9.17) is 0 Å². The third-order valence-electron chi connectivity index (χ3n) is 2.87. The van der Waals surface area contributed by atoms with E-state index in [-0.39, 0.29) is 17.5 Å². The smallest absolute Gasteiger partial charge is 0.153 e. The van der Waals surface area contributed by atoms with E-state index < -0.39 is 9.84 Å². The molecule has 1 N–H and O–H groups in total. The highest BCUT2D eigenvalue weighted by Gasteiger charge is 2.25. The van der Waals surface area contributed by atoms with Gasteiger partial charge in [0.25, 0.3) is 0 Å². The fraction of sp³-hybridized carbons (Fsp3) is 0.500. The lowest BCUT2D eigenvalue weighted by atomic mass is 10.0. The number of sulfone groups is 1. The summed E-state index contributed by atoms with van der Waals surface area (Å²) >= 11 is 0. The molecule has 2 rings (SSSR count). The molecule has 1 aliphatic heterocycles. The largest absolute Gasteiger partial charge is 0.308 e. The molecule has 1 fully saturated rings. The molecule has 4 heteroatoms. The lowest BCUT2D eigenvalue weighted by Crippen LogP contribution is -2.39. The van der Waals surface area contributed by atoms with Crippen LogP contribution in [0.3, 0.4) is 0 Å². The molecule has 1 heterocycles. The van der Waals surface area contributed by atoms with E-state index in [1.807, 2.05) is 13.8 Å². The molecule has 0 spiro atoms. The van der Waals surface area contributed by atoms with Crippen molar-refractivity contribution in [2.45, 2.75) is 19.9 Å². The van der Waals surface area contributed by atoms with Gasteiger partial charge in [-0.25, -0.2) is 8.42 Å². The van der Waals surface area contributed by atoms with Crippen LogP contribution in [-0.2, 0) is 9.84 Å². The Bertz CT molecular complexity index is 473. The molecular formula is C12H17NO2S. The molecule has 0 radical (unpaired) electrons. The van der Waals surface area contributed by atoms with Gasteiger partial charge in [0, 0.05) is 12.6 Å². The van der Waals surface area contributed by atoms with Crippen LogP contribution in [0.15, 0.2) is 18.2 Å². The van der Waals surface area contributed by atoms with Crippen LogP contribution < -0.4 is 5.32 Å². The molecule has 1 saturated heterocycles. The molecule has 1 atom stereocenters. The molecule has 0 saturated carbocycles. The van der Waals surface area contributed by atoms with Gasteiger partial charge in [-0.05, 0) is 19.4 Å². The monoisotopic (exact) mass is 239 g/mol.